The van der Waals surface area contributed by atoms with Gasteiger partial charge in [-0.1, -0.05) is 35.7 Å². The Hall–Kier alpha value is -0.330. The SMILES string of the molecule is NC[C@@H]1CCC[C@@H]1NS(=O)(=O)c1c(Cl)cccc1Cl. The van der Waals surface area contributed by atoms with Crippen LogP contribution in [0.25, 0.3) is 0 Å². The Balaban J connectivity index is 2.28. The van der Waals surface area contributed by atoms with Gasteiger partial charge in [0.05, 0.1) is 10.0 Å². The zero-order chi connectivity index (χ0) is 14.0. The summed E-state index contributed by atoms with van der Waals surface area (Å²) in [4.78, 5) is -0.0546. The maximum atomic E-state index is 12.4. The fourth-order valence-corrected chi connectivity index (χ4v) is 4.95. The van der Waals surface area contributed by atoms with Gasteiger partial charge in [-0.15, -0.1) is 0 Å². The van der Waals surface area contributed by atoms with Crippen LogP contribution >= 0.6 is 23.2 Å². The molecule has 106 valence electrons. The van der Waals surface area contributed by atoms with E-state index < -0.39 is 10.0 Å². The molecule has 0 unspecified atom stereocenters. The minimum absolute atomic E-state index is 0.0546. The summed E-state index contributed by atoms with van der Waals surface area (Å²) in [5, 5.41) is 0.254. The molecule has 0 spiro atoms. The summed E-state index contributed by atoms with van der Waals surface area (Å²) >= 11 is 11.9. The van der Waals surface area contributed by atoms with Crippen molar-refractivity contribution in [1.29, 1.82) is 0 Å². The zero-order valence-corrected chi connectivity index (χ0v) is 12.6. The molecule has 19 heavy (non-hydrogen) atoms. The van der Waals surface area contributed by atoms with Crippen molar-refractivity contribution in [2.24, 2.45) is 11.7 Å². The van der Waals surface area contributed by atoms with E-state index >= 15 is 0 Å². The van der Waals surface area contributed by atoms with Gasteiger partial charge in [0.15, 0.2) is 0 Å². The van der Waals surface area contributed by atoms with Crippen molar-refractivity contribution >= 4 is 33.2 Å². The highest BCUT2D eigenvalue weighted by molar-refractivity contribution is 7.89. The van der Waals surface area contributed by atoms with E-state index in [1.165, 1.54) is 12.1 Å². The van der Waals surface area contributed by atoms with Crippen LogP contribution in [0.1, 0.15) is 19.3 Å². The monoisotopic (exact) mass is 322 g/mol. The molecule has 1 fully saturated rings. The second-order valence-electron chi connectivity index (χ2n) is 4.71. The van der Waals surface area contributed by atoms with Gasteiger partial charge in [-0.25, -0.2) is 13.1 Å². The molecule has 1 aliphatic carbocycles. The Kier molecular flexibility index (Phi) is 4.74. The topological polar surface area (TPSA) is 72.2 Å². The lowest BCUT2D eigenvalue weighted by Gasteiger charge is -2.20. The highest BCUT2D eigenvalue weighted by Gasteiger charge is 2.32. The predicted octanol–water partition coefficient (Wildman–Crippen LogP) is 2.40. The summed E-state index contributed by atoms with van der Waals surface area (Å²) in [7, 11) is -3.72. The van der Waals surface area contributed by atoms with Gasteiger partial charge in [-0.3, -0.25) is 0 Å². The number of nitrogens with one attached hydrogen (secondary N) is 1. The molecule has 2 atom stereocenters. The minimum Gasteiger partial charge on any atom is -0.330 e. The van der Waals surface area contributed by atoms with Crippen molar-refractivity contribution in [1.82, 2.24) is 4.72 Å². The van der Waals surface area contributed by atoms with Gasteiger partial charge in [0.2, 0.25) is 10.0 Å². The maximum absolute atomic E-state index is 12.4. The number of hydrogen-bond acceptors (Lipinski definition) is 3. The lowest BCUT2D eigenvalue weighted by Crippen LogP contribution is -2.40. The Labute approximate surface area is 123 Å². The van der Waals surface area contributed by atoms with Crippen LogP contribution in [0.4, 0.5) is 0 Å². The molecule has 0 saturated heterocycles. The molecule has 1 aliphatic rings. The van der Waals surface area contributed by atoms with Crippen molar-refractivity contribution < 1.29 is 8.42 Å². The van der Waals surface area contributed by atoms with E-state index in [1.54, 1.807) is 6.07 Å². The van der Waals surface area contributed by atoms with E-state index in [-0.39, 0.29) is 26.9 Å². The van der Waals surface area contributed by atoms with Gasteiger partial charge in [-0.2, -0.15) is 0 Å². The molecule has 4 nitrogen and oxygen atoms in total. The molecule has 0 heterocycles. The molecule has 0 aliphatic heterocycles. The Morgan fingerprint density at radius 3 is 2.47 bits per heavy atom. The fraction of sp³-hybridized carbons (Fsp3) is 0.500. The van der Waals surface area contributed by atoms with E-state index in [1.807, 2.05) is 0 Å². The summed E-state index contributed by atoms with van der Waals surface area (Å²) < 4.78 is 27.4. The first-order valence-corrected chi connectivity index (χ1v) is 8.36. The van der Waals surface area contributed by atoms with E-state index in [0.29, 0.717) is 6.54 Å². The van der Waals surface area contributed by atoms with Gasteiger partial charge < -0.3 is 5.73 Å². The summed E-state index contributed by atoms with van der Waals surface area (Å²) in [6.45, 7) is 0.476. The summed E-state index contributed by atoms with van der Waals surface area (Å²) in [6, 6.07) is 4.50. The van der Waals surface area contributed by atoms with Crippen molar-refractivity contribution in [2.75, 3.05) is 6.54 Å². The molecule has 0 radical (unpaired) electrons. The van der Waals surface area contributed by atoms with Gasteiger partial charge in [0, 0.05) is 6.04 Å². The minimum atomic E-state index is -3.72. The van der Waals surface area contributed by atoms with E-state index in [4.69, 9.17) is 28.9 Å². The van der Waals surface area contributed by atoms with Crippen molar-refractivity contribution in [2.45, 2.75) is 30.2 Å². The van der Waals surface area contributed by atoms with Crippen LogP contribution in [0.3, 0.4) is 0 Å². The third-order valence-corrected chi connectivity index (χ3v) is 5.90. The van der Waals surface area contributed by atoms with E-state index in [0.717, 1.165) is 19.3 Å². The summed E-state index contributed by atoms with van der Waals surface area (Å²) in [5.74, 6) is 0.177. The molecular weight excluding hydrogens is 307 g/mol. The fourth-order valence-electron chi connectivity index (χ4n) is 2.47. The molecular formula is C12H16Cl2N2O2S. The molecule has 1 aromatic rings. The average Bonchev–Trinajstić information content (AvgIpc) is 2.74. The molecule has 1 saturated carbocycles. The van der Waals surface area contributed by atoms with Crippen molar-refractivity contribution in [3.05, 3.63) is 28.2 Å². The van der Waals surface area contributed by atoms with Gasteiger partial charge in [-0.05, 0) is 37.4 Å². The largest absolute Gasteiger partial charge is 0.330 e. The van der Waals surface area contributed by atoms with Crippen LogP contribution < -0.4 is 10.5 Å². The third kappa shape index (κ3) is 3.23. The molecule has 0 amide bonds. The number of rotatable bonds is 4. The standard InChI is InChI=1S/C12H16Cl2N2O2S/c13-9-4-2-5-10(14)12(9)19(17,18)16-11-6-1-3-8(11)7-15/h2,4-5,8,11,16H,1,3,6-7,15H2/t8-,11-/m0/s1. The number of sulfonamides is 1. The number of nitrogens with two attached hydrogens (primary N) is 1. The third-order valence-electron chi connectivity index (χ3n) is 3.46. The summed E-state index contributed by atoms with van der Waals surface area (Å²) in [5.41, 5.74) is 5.65. The lowest BCUT2D eigenvalue weighted by molar-refractivity contribution is 0.453. The molecule has 0 aromatic heterocycles. The highest BCUT2D eigenvalue weighted by atomic mass is 35.5. The summed E-state index contributed by atoms with van der Waals surface area (Å²) in [6.07, 6.45) is 2.72. The first-order valence-electron chi connectivity index (χ1n) is 6.12. The highest BCUT2D eigenvalue weighted by Crippen LogP contribution is 2.31. The molecule has 0 bridgehead atoms. The zero-order valence-electron chi connectivity index (χ0n) is 10.3. The molecule has 3 N–H and O–H groups in total. The van der Waals surface area contributed by atoms with Crippen LogP contribution in [-0.2, 0) is 10.0 Å². The smallest absolute Gasteiger partial charge is 0.243 e. The van der Waals surface area contributed by atoms with Gasteiger partial charge in [0.25, 0.3) is 0 Å². The normalized spacial score (nSPS) is 23.7. The molecule has 1 aromatic carbocycles. The average molecular weight is 323 g/mol. The number of hydrogen-bond donors (Lipinski definition) is 2. The Bertz CT molecular complexity index is 543. The van der Waals surface area contributed by atoms with E-state index in [2.05, 4.69) is 4.72 Å². The Morgan fingerprint density at radius 1 is 1.26 bits per heavy atom. The van der Waals surface area contributed by atoms with E-state index in [9.17, 15) is 8.42 Å². The first-order chi connectivity index (χ1) is 8.95. The second kappa shape index (κ2) is 5.97. The quantitative estimate of drug-likeness (QED) is 0.894. The van der Waals surface area contributed by atoms with Gasteiger partial charge >= 0.3 is 0 Å². The van der Waals surface area contributed by atoms with Crippen LogP contribution in [0.5, 0.6) is 0 Å². The first kappa shape index (κ1) is 15.1. The number of benzene rings is 1. The van der Waals surface area contributed by atoms with Gasteiger partial charge in [0.1, 0.15) is 4.90 Å². The van der Waals surface area contributed by atoms with Crippen LogP contribution in [0, 0.1) is 5.92 Å². The molecule has 7 heteroatoms. The van der Waals surface area contributed by atoms with Crippen molar-refractivity contribution in [3.63, 3.8) is 0 Å². The van der Waals surface area contributed by atoms with Crippen LogP contribution in [0.15, 0.2) is 23.1 Å². The maximum Gasteiger partial charge on any atom is 0.243 e. The molecule has 2 rings (SSSR count). The van der Waals surface area contributed by atoms with Crippen molar-refractivity contribution in [3.8, 4) is 0 Å². The van der Waals surface area contributed by atoms with Crippen LogP contribution in [0.2, 0.25) is 10.0 Å². The second-order valence-corrected chi connectivity index (χ2v) is 7.17. The predicted molar refractivity (Wildman–Crippen MR) is 77.0 cm³/mol. The van der Waals surface area contributed by atoms with Crippen LogP contribution in [-0.4, -0.2) is 21.0 Å². The Morgan fingerprint density at radius 2 is 1.89 bits per heavy atom. The lowest BCUT2D eigenvalue weighted by atomic mass is 10.1. The number of halogens is 2.